The van der Waals surface area contributed by atoms with Gasteiger partial charge in [0.1, 0.15) is 5.82 Å². The molecular formula is C14H23FN2. The second-order valence-electron chi connectivity index (χ2n) is 4.86. The standard InChI is InChI=1S/C14H23FN2/c1-5-10(2)9-17(4)13-8-6-7-12(15)14(13)11(3)16/h6-8,10-11H,5,9,16H2,1-4H3. The highest BCUT2D eigenvalue weighted by Crippen LogP contribution is 2.27. The minimum atomic E-state index is -0.286. The van der Waals surface area contributed by atoms with Gasteiger partial charge >= 0.3 is 0 Å². The lowest BCUT2D eigenvalue weighted by Crippen LogP contribution is -2.26. The molecule has 0 aliphatic carbocycles. The summed E-state index contributed by atoms with van der Waals surface area (Å²) in [4.78, 5) is 2.09. The molecule has 96 valence electrons. The van der Waals surface area contributed by atoms with E-state index in [0.717, 1.165) is 18.7 Å². The van der Waals surface area contributed by atoms with Gasteiger partial charge in [-0.15, -0.1) is 0 Å². The van der Waals surface area contributed by atoms with Crippen LogP contribution in [0.1, 0.15) is 38.8 Å². The summed E-state index contributed by atoms with van der Waals surface area (Å²) in [6.07, 6.45) is 1.12. The summed E-state index contributed by atoms with van der Waals surface area (Å²) >= 11 is 0. The van der Waals surface area contributed by atoms with Crippen LogP contribution in [0.15, 0.2) is 18.2 Å². The molecule has 3 heteroatoms. The van der Waals surface area contributed by atoms with E-state index in [2.05, 4.69) is 18.7 Å². The van der Waals surface area contributed by atoms with E-state index in [1.54, 1.807) is 6.07 Å². The summed E-state index contributed by atoms with van der Waals surface area (Å²) < 4.78 is 13.8. The van der Waals surface area contributed by atoms with E-state index >= 15 is 0 Å². The van der Waals surface area contributed by atoms with Crippen LogP contribution in [0.25, 0.3) is 0 Å². The van der Waals surface area contributed by atoms with Crippen LogP contribution in [-0.4, -0.2) is 13.6 Å². The van der Waals surface area contributed by atoms with Gasteiger partial charge in [-0.25, -0.2) is 4.39 Å². The first-order chi connectivity index (χ1) is 7.97. The van der Waals surface area contributed by atoms with Gasteiger partial charge < -0.3 is 10.6 Å². The average molecular weight is 238 g/mol. The number of nitrogens with zero attached hydrogens (tertiary/aromatic N) is 1. The van der Waals surface area contributed by atoms with Crippen LogP contribution in [0.3, 0.4) is 0 Å². The smallest absolute Gasteiger partial charge is 0.130 e. The molecule has 2 nitrogen and oxygen atoms in total. The lowest BCUT2D eigenvalue weighted by atomic mass is 10.0. The van der Waals surface area contributed by atoms with Gasteiger partial charge in [0, 0.05) is 30.9 Å². The van der Waals surface area contributed by atoms with Crippen molar-refractivity contribution in [3.8, 4) is 0 Å². The lowest BCUT2D eigenvalue weighted by Gasteiger charge is -2.26. The molecule has 0 fully saturated rings. The van der Waals surface area contributed by atoms with Crippen molar-refractivity contribution < 1.29 is 4.39 Å². The van der Waals surface area contributed by atoms with Gasteiger partial charge in [0.15, 0.2) is 0 Å². The van der Waals surface area contributed by atoms with E-state index in [1.807, 2.05) is 20.0 Å². The molecule has 1 aromatic rings. The van der Waals surface area contributed by atoms with Gasteiger partial charge in [0.25, 0.3) is 0 Å². The molecule has 2 N–H and O–H groups in total. The zero-order valence-electron chi connectivity index (χ0n) is 11.2. The van der Waals surface area contributed by atoms with Crippen molar-refractivity contribution in [2.75, 3.05) is 18.5 Å². The predicted octanol–water partition coefficient (Wildman–Crippen LogP) is 3.33. The largest absolute Gasteiger partial charge is 0.374 e. The van der Waals surface area contributed by atoms with Gasteiger partial charge in [0.2, 0.25) is 0 Å². The quantitative estimate of drug-likeness (QED) is 0.852. The molecule has 0 amide bonds. The number of rotatable bonds is 5. The molecule has 0 spiro atoms. The highest BCUT2D eigenvalue weighted by atomic mass is 19.1. The Balaban J connectivity index is 3.00. The first-order valence-electron chi connectivity index (χ1n) is 6.22. The Labute approximate surface area is 104 Å². The van der Waals surface area contributed by atoms with Crippen molar-refractivity contribution in [1.29, 1.82) is 0 Å². The Morgan fingerprint density at radius 2 is 2.00 bits per heavy atom. The number of halogens is 1. The number of anilines is 1. The molecule has 1 aromatic carbocycles. The Bertz CT molecular complexity index is 363. The fourth-order valence-electron chi connectivity index (χ4n) is 2.00. The van der Waals surface area contributed by atoms with Crippen molar-refractivity contribution >= 4 is 5.69 Å². The fourth-order valence-corrected chi connectivity index (χ4v) is 2.00. The number of hydrogen-bond donors (Lipinski definition) is 1. The van der Waals surface area contributed by atoms with Crippen LogP contribution in [0, 0.1) is 11.7 Å². The maximum Gasteiger partial charge on any atom is 0.130 e. The number of benzene rings is 1. The highest BCUT2D eigenvalue weighted by molar-refractivity contribution is 5.55. The van der Waals surface area contributed by atoms with Crippen LogP contribution in [-0.2, 0) is 0 Å². The van der Waals surface area contributed by atoms with E-state index in [0.29, 0.717) is 11.5 Å². The second-order valence-corrected chi connectivity index (χ2v) is 4.86. The van der Waals surface area contributed by atoms with Gasteiger partial charge in [-0.3, -0.25) is 0 Å². The van der Waals surface area contributed by atoms with Crippen LogP contribution in [0.5, 0.6) is 0 Å². The minimum Gasteiger partial charge on any atom is -0.374 e. The molecule has 0 saturated carbocycles. The molecule has 17 heavy (non-hydrogen) atoms. The van der Waals surface area contributed by atoms with E-state index in [1.165, 1.54) is 6.07 Å². The van der Waals surface area contributed by atoms with Gasteiger partial charge in [-0.1, -0.05) is 26.3 Å². The predicted molar refractivity (Wildman–Crippen MR) is 71.7 cm³/mol. The van der Waals surface area contributed by atoms with E-state index in [-0.39, 0.29) is 11.9 Å². The van der Waals surface area contributed by atoms with E-state index in [4.69, 9.17) is 5.73 Å². The third-order valence-corrected chi connectivity index (χ3v) is 3.18. The summed E-state index contributed by atoms with van der Waals surface area (Å²) in [5, 5.41) is 0. The Morgan fingerprint density at radius 1 is 1.35 bits per heavy atom. The SMILES string of the molecule is CCC(C)CN(C)c1cccc(F)c1C(C)N. The molecule has 0 heterocycles. The topological polar surface area (TPSA) is 29.3 Å². The molecule has 0 radical (unpaired) electrons. The Hall–Kier alpha value is -1.09. The van der Waals surface area contributed by atoms with E-state index < -0.39 is 0 Å². The molecule has 0 aliphatic rings. The fraction of sp³-hybridized carbons (Fsp3) is 0.571. The van der Waals surface area contributed by atoms with Crippen molar-refractivity contribution in [3.63, 3.8) is 0 Å². The Morgan fingerprint density at radius 3 is 2.53 bits per heavy atom. The third-order valence-electron chi connectivity index (χ3n) is 3.18. The molecule has 2 atom stereocenters. The molecule has 1 rings (SSSR count). The van der Waals surface area contributed by atoms with Crippen LogP contribution < -0.4 is 10.6 Å². The lowest BCUT2D eigenvalue weighted by molar-refractivity contribution is 0.553. The van der Waals surface area contributed by atoms with Crippen molar-refractivity contribution in [2.45, 2.75) is 33.2 Å². The molecule has 0 aliphatic heterocycles. The molecule has 0 bridgehead atoms. The molecule has 0 aromatic heterocycles. The maximum atomic E-state index is 13.8. The zero-order chi connectivity index (χ0) is 13.0. The van der Waals surface area contributed by atoms with Crippen LogP contribution >= 0.6 is 0 Å². The summed E-state index contributed by atoms with van der Waals surface area (Å²) in [6, 6.07) is 4.86. The van der Waals surface area contributed by atoms with Crippen LogP contribution in [0.4, 0.5) is 10.1 Å². The highest BCUT2D eigenvalue weighted by Gasteiger charge is 2.16. The van der Waals surface area contributed by atoms with Gasteiger partial charge in [-0.2, -0.15) is 0 Å². The van der Waals surface area contributed by atoms with Crippen molar-refractivity contribution in [3.05, 3.63) is 29.6 Å². The number of nitrogens with two attached hydrogens (primary N) is 1. The third kappa shape index (κ3) is 3.43. The monoisotopic (exact) mass is 238 g/mol. The normalized spacial score (nSPS) is 14.5. The number of hydrogen-bond acceptors (Lipinski definition) is 2. The maximum absolute atomic E-state index is 13.8. The van der Waals surface area contributed by atoms with Crippen molar-refractivity contribution in [2.24, 2.45) is 11.7 Å². The first kappa shape index (κ1) is 14.0. The average Bonchev–Trinajstić information content (AvgIpc) is 2.27. The second kappa shape index (κ2) is 6.01. The summed E-state index contributed by atoms with van der Waals surface area (Å²) in [5.74, 6) is 0.373. The molecule has 2 unspecified atom stereocenters. The van der Waals surface area contributed by atoms with Crippen LogP contribution in [0.2, 0.25) is 0 Å². The van der Waals surface area contributed by atoms with E-state index in [9.17, 15) is 4.39 Å². The zero-order valence-corrected chi connectivity index (χ0v) is 11.2. The molecule has 0 saturated heterocycles. The Kier molecular flexibility index (Phi) is 4.94. The molecular weight excluding hydrogens is 215 g/mol. The summed E-state index contributed by atoms with van der Waals surface area (Å²) in [5.41, 5.74) is 7.36. The van der Waals surface area contributed by atoms with Crippen molar-refractivity contribution in [1.82, 2.24) is 0 Å². The van der Waals surface area contributed by atoms with Gasteiger partial charge in [-0.05, 0) is 25.0 Å². The summed E-state index contributed by atoms with van der Waals surface area (Å²) in [6.45, 7) is 7.09. The minimum absolute atomic E-state index is 0.214. The summed E-state index contributed by atoms with van der Waals surface area (Å²) in [7, 11) is 1.99. The van der Waals surface area contributed by atoms with Gasteiger partial charge in [0.05, 0.1) is 0 Å². The first-order valence-corrected chi connectivity index (χ1v) is 6.22.